The van der Waals surface area contributed by atoms with E-state index in [2.05, 4.69) is 30.6 Å². The third-order valence-corrected chi connectivity index (χ3v) is 6.34. The predicted molar refractivity (Wildman–Crippen MR) is 139 cm³/mol. The number of hydrogen-bond acceptors (Lipinski definition) is 7. The van der Waals surface area contributed by atoms with Crippen LogP contribution in [0.5, 0.6) is 0 Å². The summed E-state index contributed by atoms with van der Waals surface area (Å²) < 4.78 is 0. The van der Waals surface area contributed by atoms with Crippen molar-refractivity contribution in [3.05, 3.63) is 76.6 Å². The summed E-state index contributed by atoms with van der Waals surface area (Å²) in [4.78, 5) is 54.6. The number of likely N-dealkylation sites (tertiary alicyclic amines) is 1. The summed E-state index contributed by atoms with van der Waals surface area (Å²) >= 11 is 5.82. The van der Waals surface area contributed by atoms with Crippen molar-refractivity contribution < 1.29 is 14.4 Å². The first-order chi connectivity index (χ1) is 17.9. The average Bonchev–Trinajstić information content (AvgIpc) is 3.32. The third-order valence-electron chi connectivity index (χ3n) is 6.14. The van der Waals surface area contributed by atoms with Crippen molar-refractivity contribution in [2.75, 3.05) is 23.7 Å². The normalized spacial score (nSPS) is 13.9. The number of nitrogens with zero attached hydrogens (tertiary/aromatic N) is 4. The maximum atomic E-state index is 13.0. The first-order valence-corrected chi connectivity index (χ1v) is 12.0. The summed E-state index contributed by atoms with van der Waals surface area (Å²) in [5, 5.41) is 6.42. The smallest absolute Gasteiger partial charge is 0.257 e. The quantitative estimate of drug-likeness (QED) is 0.305. The number of nitrogens with one attached hydrogen (secondary N) is 3. The fraction of sp³-hybridized carbons (Fsp3) is 0.200. The lowest BCUT2D eigenvalue weighted by Gasteiger charge is -2.32. The minimum Gasteiger partial charge on any atom is -0.366 e. The Bertz CT molecular complexity index is 1460. The van der Waals surface area contributed by atoms with E-state index in [9.17, 15) is 14.4 Å². The predicted octanol–water partition coefficient (Wildman–Crippen LogP) is 3.07. The van der Waals surface area contributed by atoms with Crippen LogP contribution in [0, 0.1) is 0 Å². The monoisotopic (exact) mass is 518 g/mol. The SMILES string of the molecule is NC(=O)c1cccc2[nH]c(NC(=O)c3ccc(C(=O)N4CCC(Nc5ncc(Cl)cn5)CC4)cc3)nc12. The van der Waals surface area contributed by atoms with Crippen molar-refractivity contribution in [2.24, 2.45) is 5.73 Å². The standard InChI is InChI=1S/C25H23ClN8O3/c26-16-12-28-24(29-13-16)30-17-8-10-34(11-9-17)23(37)15-6-4-14(5-7-15)22(36)33-25-31-19-3-1-2-18(21(27)35)20(19)32-25/h1-7,12-13,17H,8-11H2,(H2,27,35)(H,28,29,30)(H2,31,32,33,36). The molecular weight excluding hydrogens is 496 g/mol. The van der Waals surface area contributed by atoms with E-state index in [0.29, 0.717) is 46.2 Å². The summed E-state index contributed by atoms with van der Waals surface area (Å²) in [6.45, 7) is 1.18. The van der Waals surface area contributed by atoms with Crippen LogP contribution in [0.3, 0.4) is 0 Å². The minimum absolute atomic E-state index is 0.0931. The molecule has 0 bridgehead atoms. The number of aromatic amines is 1. The number of hydrogen-bond donors (Lipinski definition) is 4. The zero-order chi connectivity index (χ0) is 25.9. The minimum atomic E-state index is -0.605. The number of halogens is 1. The Balaban J connectivity index is 1.18. The van der Waals surface area contributed by atoms with Gasteiger partial charge in [0.2, 0.25) is 11.9 Å². The lowest BCUT2D eigenvalue weighted by molar-refractivity contribution is 0.0717. The number of amides is 3. The van der Waals surface area contributed by atoms with E-state index in [4.69, 9.17) is 17.3 Å². The highest BCUT2D eigenvalue weighted by molar-refractivity contribution is 6.30. The molecule has 3 amide bonds. The van der Waals surface area contributed by atoms with Gasteiger partial charge in [-0.15, -0.1) is 0 Å². The second kappa shape index (κ2) is 10.2. The van der Waals surface area contributed by atoms with Crippen LogP contribution in [0.4, 0.5) is 11.9 Å². The van der Waals surface area contributed by atoms with Gasteiger partial charge in [0.25, 0.3) is 17.7 Å². The number of nitrogens with two attached hydrogens (primary N) is 1. The van der Waals surface area contributed by atoms with Crippen LogP contribution in [0.2, 0.25) is 5.02 Å². The second-order valence-corrected chi connectivity index (χ2v) is 9.06. The summed E-state index contributed by atoms with van der Waals surface area (Å²) in [5.41, 5.74) is 7.47. The maximum absolute atomic E-state index is 13.0. The molecule has 37 heavy (non-hydrogen) atoms. The molecule has 0 unspecified atom stereocenters. The number of primary amides is 1. The summed E-state index contributed by atoms with van der Waals surface area (Å²) in [5.74, 6) is -0.404. The largest absolute Gasteiger partial charge is 0.366 e. The molecule has 2 aromatic heterocycles. The van der Waals surface area contributed by atoms with Gasteiger partial charge in [-0.05, 0) is 49.2 Å². The number of piperidine rings is 1. The second-order valence-electron chi connectivity index (χ2n) is 8.62. The number of carbonyl (C=O) groups excluding carboxylic acids is 3. The van der Waals surface area contributed by atoms with Crippen molar-refractivity contribution >= 4 is 52.3 Å². The summed E-state index contributed by atoms with van der Waals surface area (Å²) in [6.07, 6.45) is 4.59. The first-order valence-electron chi connectivity index (χ1n) is 11.6. The number of aromatic nitrogens is 4. The van der Waals surface area contributed by atoms with E-state index in [1.54, 1.807) is 47.4 Å². The van der Waals surface area contributed by atoms with Gasteiger partial charge in [-0.2, -0.15) is 0 Å². The molecule has 3 heterocycles. The Morgan fingerprint density at radius 1 is 1.00 bits per heavy atom. The van der Waals surface area contributed by atoms with Gasteiger partial charge in [0.05, 0.1) is 28.5 Å². The van der Waals surface area contributed by atoms with Crippen LogP contribution in [0.1, 0.15) is 43.9 Å². The zero-order valence-corrected chi connectivity index (χ0v) is 20.3. The molecule has 0 radical (unpaired) electrons. The van der Waals surface area contributed by atoms with Crippen molar-refractivity contribution in [2.45, 2.75) is 18.9 Å². The van der Waals surface area contributed by atoms with Crippen LogP contribution in [0.15, 0.2) is 54.9 Å². The number of fused-ring (bicyclic) bond motifs is 1. The zero-order valence-electron chi connectivity index (χ0n) is 19.6. The Labute approximate surface area is 216 Å². The number of benzene rings is 2. The molecule has 1 aliphatic heterocycles. The molecule has 1 saturated heterocycles. The fourth-order valence-corrected chi connectivity index (χ4v) is 4.31. The number of anilines is 2. The highest BCUT2D eigenvalue weighted by atomic mass is 35.5. The molecule has 12 heteroatoms. The molecule has 188 valence electrons. The van der Waals surface area contributed by atoms with Gasteiger partial charge >= 0.3 is 0 Å². The molecule has 1 fully saturated rings. The topological polar surface area (TPSA) is 159 Å². The number of rotatable bonds is 6. The van der Waals surface area contributed by atoms with Gasteiger partial charge < -0.3 is 20.9 Å². The lowest BCUT2D eigenvalue weighted by atomic mass is 10.0. The van der Waals surface area contributed by atoms with E-state index < -0.39 is 11.8 Å². The van der Waals surface area contributed by atoms with Gasteiger partial charge in [-0.25, -0.2) is 15.0 Å². The Morgan fingerprint density at radius 2 is 1.68 bits per heavy atom. The molecule has 2 aromatic carbocycles. The Hall–Kier alpha value is -4.51. The first kappa shape index (κ1) is 24.2. The molecule has 0 saturated carbocycles. The van der Waals surface area contributed by atoms with E-state index in [-0.39, 0.29) is 23.5 Å². The van der Waals surface area contributed by atoms with Gasteiger partial charge in [0.1, 0.15) is 5.52 Å². The highest BCUT2D eigenvalue weighted by Gasteiger charge is 2.24. The van der Waals surface area contributed by atoms with Gasteiger partial charge in [-0.3, -0.25) is 19.7 Å². The maximum Gasteiger partial charge on any atom is 0.257 e. The molecule has 1 aliphatic rings. The van der Waals surface area contributed by atoms with E-state index in [1.165, 1.54) is 12.4 Å². The Kier molecular flexibility index (Phi) is 6.69. The van der Waals surface area contributed by atoms with Crippen molar-refractivity contribution in [1.82, 2.24) is 24.8 Å². The van der Waals surface area contributed by atoms with Crippen LogP contribution >= 0.6 is 11.6 Å². The number of H-pyrrole nitrogens is 1. The van der Waals surface area contributed by atoms with Gasteiger partial charge in [-0.1, -0.05) is 17.7 Å². The molecule has 0 spiro atoms. The molecule has 0 atom stereocenters. The third kappa shape index (κ3) is 5.36. The van der Waals surface area contributed by atoms with Crippen LogP contribution in [0.25, 0.3) is 11.0 Å². The molecule has 5 rings (SSSR count). The molecule has 11 nitrogen and oxygen atoms in total. The number of carbonyl (C=O) groups is 3. The molecular formula is C25H23ClN8O3. The van der Waals surface area contributed by atoms with Gasteiger partial charge in [0, 0.05) is 30.3 Å². The molecule has 0 aliphatic carbocycles. The number of para-hydroxylation sites is 1. The Morgan fingerprint density at radius 3 is 2.35 bits per heavy atom. The molecule has 4 aromatic rings. The summed E-state index contributed by atoms with van der Waals surface area (Å²) in [7, 11) is 0. The van der Waals surface area contributed by atoms with Crippen molar-refractivity contribution in [3.8, 4) is 0 Å². The van der Waals surface area contributed by atoms with E-state index in [1.807, 2.05) is 0 Å². The van der Waals surface area contributed by atoms with E-state index >= 15 is 0 Å². The fourth-order valence-electron chi connectivity index (χ4n) is 4.21. The van der Waals surface area contributed by atoms with Crippen molar-refractivity contribution in [3.63, 3.8) is 0 Å². The molecule has 5 N–H and O–H groups in total. The van der Waals surface area contributed by atoms with Crippen LogP contribution in [-0.4, -0.2) is 61.7 Å². The van der Waals surface area contributed by atoms with Gasteiger partial charge in [0.15, 0.2) is 0 Å². The van der Waals surface area contributed by atoms with Crippen LogP contribution in [-0.2, 0) is 0 Å². The highest BCUT2D eigenvalue weighted by Crippen LogP contribution is 2.20. The summed E-state index contributed by atoms with van der Waals surface area (Å²) in [6, 6.07) is 11.6. The van der Waals surface area contributed by atoms with E-state index in [0.717, 1.165) is 12.8 Å². The lowest BCUT2D eigenvalue weighted by Crippen LogP contribution is -2.42. The van der Waals surface area contributed by atoms with Crippen LogP contribution < -0.4 is 16.4 Å². The average molecular weight is 519 g/mol. The number of imidazole rings is 1. The van der Waals surface area contributed by atoms with Crippen molar-refractivity contribution in [1.29, 1.82) is 0 Å².